The van der Waals surface area contributed by atoms with Gasteiger partial charge in [-0.15, -0.1) is 0 Å². The minimum Gasteiger partial charge on any atom is -0.508 e. The predicted octanol–water partition coefficient (Wildman–Crippen LogP) is 7.27. The van der Waals surface area contributed by atoms with Gasteiger partial charge in [0.05, 0.1) is 18.2 Å². The first-order valence-corrected chi connectivity index (χ1v) is 12.3. The van der Waals surface area contributed by atoms with E-state index in [0.717, 1.165) is 11.1 Å². The van der Waals surface area contributed by atoms with E-state index in [1.807, 2.05) is 59.8 Å². The number of rotatable bonds is 8. The summed E-state index contributed by atoms with van der Waals surface area (Å²) in [4.78, 5) is 13.9. The molecule has 6 heteroatoms. The van der Waals surface area contributed by atoms with Crippen LogP contribution in [0.25, 0.3) is 28.4 Å². The summed E-state index contributed by atoms with van der Waals surface area (Å²) < 4.78 is 11.7. The zero-order valence-electron chi connectivity index (χ0n) is 22.6. The Morgan fingerprint density at radius 2 is 1.62 bits per heavy atom. The number of fused-ring (bicyclic) bond motifs is 1. The van der Waals surface area contributed by atoms with Gasteiger partial charge in [0.15, 0.2) is 0 Å². The van der Waals surface area contributed by atoms with Crippen molar-refractivity contribution in [1.82, 2.24) is 0 Å². The Hall–Kier alpha value is -3.93. The molecule has 0 atom stereocenters. The first kappa shape index (κ1) is 27.7. The number of hydrogen-bond acceptors (Lipinski definition) is 6. The zero-order valence-corrected chi connectivity index (χ0v) is 22.6. The van der Waals surface area contributed by atoms with Crippen molar-refractivity contribution in [2.75, 3.05) is 7.11 Å². The second-order valence-electron chi connectivity index (χ2n) is 10.0. The molecule has 0 aliphatic carbocycles. The summed E-state index contributed by atoms with van der Waals surface area (Å²) in [5.41, 5.74) is 3.38. The second-order valence-corrected chi connectivity index (χ2v) is 10.0. The highest BCUT2D eigenvalue weighted by molar-refractivity contribution is 5.92. The average Bonchev–Trinajstić information content (AvgIpc) is 2.81. The van der Waals surface area contributed by atoms with Gasteiger partial charge in [-0.2, -0.15) is 0 Å². The van der Waals surface area contributed by atoms with E-state index in [2.05, 4.69) is 0 Å². The van der Waals surface area contributed by atoms with E-state index in [1.54, 1.807) is 18.2 Å². The van der Waals surface area contributed by atoms with Gasteiger partial charge in [-0.05, 0) is 58.1 Å². The average molecular weight is 505 g/mol. The maximum absolute atomic E-state index is 13.9. The monoisotopic (exact) mass is 504 g/mol. The summed E-state index contributed by atoms with van der Waals surface area (Å²) in [6, 6.07) is 4.47. The lowest BCUT2D eigenvalue weighted by Gasteiger charge is -2.15. The van der Waals surface area contributed by atoms with Crippen LogP contribution < -0.4 is 10.2 Å². The number of phenols is 3. The van der Waals surface area contributed by atoms with Gasteiger partial charge in [-0.1, -0.05) is 49.3 Å². The van der Waals surface area contributed by atoms with Crippen molar-refractivity contribution in [1.29, 1.82) is 0 Å². The van der Waals surface area contributed by atoms with E-state index >= 15 is 0 Å². The molecule has 196 valence electrons. The van der Waals surface area contributed by atoms with Crippen LogP contribution in [0.3, 0.4) is 0 Å². The molecule has 2 aromatic carbocycles. The molecule has 0 amide bonds. The first-order chi connectivity index (χ1) is 17.4. The molecule has 6 nitrogen and oxygen atoms in total. The van der Waals surface area contributed by atoms with E-state index in [9.17, 15) is 20.1 Å². The molecule has 0 radical (unpaired) electrons. The van der Waals surface area contributed by atoms with Crippen LogP contribution in [0.2, 0.25) is 0 Å². The first-order valence-electron chi connectivity index (χ1n) is 12.3. The highest BCUT2D eigenvalue weighted by Crippen LogP contribution is 2.41. The van der Waals surface area contributed by atoms with Gasteiger partial charge in [-0.25, -0.2) is 0 Å². The zero-order chi connectivity index (χ0) is 27.4. The number of allylic oxidation sites excluding steroid dienone is 5. The third-order valence-electron chi connectivity index (χ3n) is 6.01. The van der Waals surface area contributed by atoms with Gasteiger partial charge in [0.25, 0.3) is 0 Å². The molecule has 0 aliphatic heterocycles. The summed E-state index contributed by atoms with van der Waals surface area (Å²) in [7, 11) is 1.48. The van der Waals surface area contributed by atoms with Gasteiger partial charge in [0.1, 0.15) is 39.7 Å². The number of phenolic OH excluding ortho intramolecular Hbond substituents is 3. The minimum atomic E-state index is -0.397. The van der Waals surface area contributed by atoms with Crippen LogP contribution in [0.15, 0.2) is 56.8 Å². The standard InChI is InChI=1S/C31H36O6/c1-17(2)8-11-20-14-23(25(33)15-24(20)32)31-22(13-10-19(5)6)30(35)28-27(37-31)16-26(36-7)21(29(28)34)12-9-18(3)4/h8-10,12,14-16,18,32-34H,11,13H2,1-7H3/b12-9+. The Morgan fingerprint density at radius 3 is 2.22 bits per heavy atom. The highest BCUT2D eigenvalue weighted by Gasteiger charge is 2.24. The van der Waals surface area contributed by atoms with E-state index in [0.29, 0.717) is 28.9 Å². The van der Waals surface area contributed by atoms with Crippen LogP contribution in [0.5, 0.6) is 23.0 Å². The fraction of sp³-hybridized carbons (Fsp3) is 0.323. The lowest BCUT2D eigenvalue weighted by atomic mass is 9.96. The summed E-state index contributed by atoms with van der Waals surface area (Å²) in [6.45, 7) is 11.8. The van der Waals surface area contributed by atoms with Crippen molar-refractivity contribution >= 4 is 17.0 Å². The molecule has 0 spiro atoms. The van der Waals surface area contributed by atoms with Crippen LogP contribution in [0, 0.1) is 5.92 Å². The van der Waals surface area contributed by atoms with E-state index in [1.165, 1.54) is 13.2 Å². The second kappa shape index (κ2) is 11.4. The molecular weight excluding hydrogens is 468 g/mol. The smallest absolute Gasteiger partial charge is 0.200 e. The van der Waals surface area contributed by atoms with E-state index in [-0.39, 0.29) is 51.9 Å². The van der Waals surface area contributed by atoms with Gasteiger partial charge in [-0.3, -0.25) is 4.79 Å². The summed E-state index contributed by atoms with van der Waals surface area (Å²) in [5.74, 6) is 0.278. The SMILES string of the molecule is COc1cc2oc(-c3cc(CC=C(C)C)c(O)cc3O)c(CC=C(C)C)c(=O)c2c(O)c1/C=C/C(C)C. The molecule has 0 fully saturated rings. The summed E-state index contributed by atoms with van der Waals surface area (Å²) >= 11 is 0. The number of ether oxygens (including phenoxy) is 1. The Kier molecular flexibility index (Phi) is 8.53. The Labute approximate surface area is 217 Å². The predicted molar refractivity (Wildman–Crippen MR) is 150 cm³/mol. The third kappa shape index (κ3) is 6.08. The molecule has 3 N–H and O–H groups in total. The molecule has 3 aromatic rings. The lowest BCUT2D eigenvalue weighted by molar-refractivity contribution is 0.406. The Morgan fingerprint density at radius 1 is 0.973 bits per heavy atom. The number of methoxy groups -OCH3 is 1. The fourth-order valence-electron chi connectivity index (χ4n) is 3.97. The number of benzene rings is 2. The van der Waals surface area contributed by atoms with Crippen LogP contribution in [-0.4, -0.2) is 22.4 Å². The van der Waals surface area contributed by atoms with Crippen molar-refractivity contribution in [2.45, 2.75) is 54.4 Å². The maximum atomic E-state index is 13.9. The molecule has 1 aromatic heterocycles. The highest BCUT2D eigenvalue weighted by atomic mass is 16.5. The quantitative estimate of drug-likeness (QED) is 0.279. The molecule has 3 rings (SSSR count). The van der Waals surface area contributed by atoms with Gasteiger partial charge < -0.3 is 24.5 Å². The maximum Gasteiger partial charge on any atom is 0.200 e. The normalized spacial score (nSPS) is 11.4. The van der Waals surface area contributed by atoms with Crippen LogP contribution in [-0.2, 0) is 12.8 Å². The molecule has 37 heavy (non-hydrogen) atoms. The fourth-order valence-corrected chi connectivity index (χ4v) is 3.97. The number of aromatic hydroxyl groups is 3. The summed E-state index contributed by atoms with van der Waals surface area (Å²) in [6.07, 6.45) is 8.19. The van der Waals surface area contributed by atoms with E-state index < -0.39 is 5.43 Å². The third-order valence-corrected chi connectivity index (χ3v) is 6.01. The van der Waals surface area contributed by atoms with Crippen molar-refractivity contribution in [3.05, 3.63) is 74.5 Å². The molecular formula is C31H36O6. The van der Waals surface area contributed by atoms with E-state index in [4.69, 9.17) is 9.15 Å². The molecule has 0 bridgehead atoms. The van der Waals surface area contributed by atoms with Crippen molar-refractivity contribution in [3.63, 3.8) is 0 Å². The minimum absolute atomic E-state index is 0.0476. The molecule has 0 saturated carbocycles. The van der Waals surface area contributed by atoms with Gasteiger partial charge in [0, 0.05) is 17.7 Å². The largest absolute Gasteiger partial charge is 0.508 e. The Bertz CT molecular complexity index is 1460. The van der Waals surface area contributed by atoms with Gasteiger partial charge in [0.2, 0.25) is 5.43 Å². The summed E-state index contributed by atoms with van der Waals surface area (Å²) in [5, 5.41) is 32.5. The van der Waals surface area contributed by atoms with Crippen molar-refractivity contribution in [3.8, 4) is 34.3 Å². The Balaban J connectivity index is 2.41. The van der Waals surface area contributed by atoms with Crippen LogP contribution in [0.4, 0.5) is 0 Å². The number of hydrogen-bond donors (Lipinski definition) is 3. The van der Waals surface area contributed by atoms with Crippen LogP contribution in [0.1, 0.15) is 58.2 Å². The van der Waals surface area contributed by atoms with Crippen molar-refractivity contribution < 1.29 is 24.5 Å². The molecule has 0 unspecified atom stereocenters. The molecule has 0 saturated heterocycles. The lowest BCUT2D eigenvalue weighted by Crippen LogP contribution is -2.12. The topological polar surface area (TPSA) is 100 Å². The molecule has 0 aliphatic rings. The molecule has 1 heterocycles. The van der Waals surface area contributed by atoms with Crippen molar-refractivity contribution in [2.24, 2.45) is 5.92 Å². The van der Waals surface area contributed by atoms with Crippen LogP contribution >= 0.6 is 0 Å². The van der Waals surface area contributed by atoms with Gasteiger partial charge >= 0.3 is 0 Å².